The van der Waals surface area contributed by atoms with Crippen molar-refractivity contribution >= 4 is 21.8 Å². The molecule has 0 aromatic heterocycles. The number of hydrogen-bond acceptors (Lipinski definition) is 5. The first-order chi connectivity index (χ1) is 13.0. The Morgan fingerprint density at radius 2 is 1.85 bits per heavy atom. The van der Waals surface area contributed by atoms with Crippen molar-refractivity contribution in [3.63, 3.8) is 0 Å². The number of methoxy groups -OCH3 is 2. The maximum atomic E-state index is 13.3. The molecule has 27 heavy (non-hydrogen) atoms. The van der Waals surface area contributed by atoms with E-state index in [-0.39, 0.29) is 4.90 Å². The van der Waals surface area contributed by atoms with E-state index >= 15 is 0 Å². The van der Waals surface area contributed by atoms with Gasteiger partial charge in [0.1, 0.15) is 16.4 Å². The van der Waals surface area contributed by atoms with Crippen LogP contribution in [0.15, 0.2) is 47.4 Å². The van der Waals surface area contributed by atoms with Crippen molar-refractivity contribution in [3.05, 3.63) is 53.6 Å². The minimum Gasteiger partial charge on any atom is -0.497 e. The van der Waals surface area contributed by atoms with E-state index in [9.17, 15) is 8.42 Å². The number of thioether (sulfide) groups is 1. The van der Waals surface area contributed by atoms with Gasteiger partial charge in [-0.15, -0.1) is 0 Å². The predicted molar refractivity (Wildman–Crippen MR) is 109 cm³/mol. The highest BCUT2D eigenvalue weighted by molar-refractivity contribution is 7.99. The maximum Gasteiger partial charge on any atom is 0.246 e. The van der Waals surface area contributed by atoms with Gasteiger partial charge in [0, 0.05) is 30.2 Å². The fourth-order valence-electron chi connectivity index (χ4n) is 3.31. The van der Waals surface area contributed by atoms with Gasteiger partial charge in [-0.2, -0.15) is 16.1 Å². The molecule has 1 saturated heterocycles. The van der Waals surface area contributed by atoms with Crippen LogP contribution in [0.4, 0.5) is 0 Å². The smallest absolute Gasteiger partial charge is 0.246 e. The molecule has 0 spiro atoms. The minimum atomic E-state index is -3.66. The van der Waals surface area contributed by atoms with E-state index in [4.69, 9.17) is 9.47 Å². The monoisotopic (exact) mass is 407 g/mol. The summed E-state index contributed by atoms with van der Waals surface area (Å²) in [6.45, 7) is 3.07. The van der Waals surface area contributed by atoms with Crippen LogP contribution in [0.3, 0.4) is 0 Å². The fourth-order valence-corrected chi connectivity index (χ4v) is 6.38. The molecule has 1 aliphatic heterocycles. The molecule has 146 valence electrons. The summed E-state index contributed by atoms with van der Waals surface area (Å²) in [6, 6.07) is 13.2. The van der Waals surface area contributed by atoms with E-state index in [1.165, 1.54) is 31.4 Å². The van der Waals surface area contributed by atoms with Gasteiger partial charge in [-0.25, -0.2) is 8.42 Å². The number of aryl methyl sites for hydroxylation is 1. The lowest BCUT2D eigenvalue weighted by molar-refractivity contribution is 0.384. The van der Waals surface area contributed by atoms with Gasteiger partial charge in [-0.05, 0) is 36.6 Å². The van der Waals surface area contributed by atoms with Crippen molar-refractivity contribution in [2.45, 2.75) is 23.5 Å². The van der Waals surface area contributed by atoms with Gasteiger partial charge in [0.05, 0.1) is 14.2 Å². The molecule has 1 atom stereocenters. The zero-order valence-electron chi connectivity index (χ0n) is 15.8. The first-order valence-corrected chi connectivity index (χ1v) is 11.4. The van der Waals surface area contributed by atoms with Crippen molar-refractivity contribution in [2.24, 2.45) is 0 Å². The van der Waals surface area contributed by atoms with Crippen molar-refractivity contribution in [1.82, 2.24) is 4.31 Å². The van der Waals surface area contributed by atoms with Crippen LogP contribution in [0.2, 0.25) is 0 Å². The average molecular weight is 408 g/mol. The second-order valence-electron chi connectivity index (χ2n) is 6.43. The van der Waals surface area contributed by atoms with E-state index in [0.717, 1.165) is 12.2 Å². The van der Waals surface area contributed by atoms with E-state index in [2.05, 4.69) is 19.1 Å². The summed E-state index contributed by atoms with van der Waals surface area (Å²) in [7, 11) is -0.661. The summed E-state index contributed by atoms with van der Waals surface area (Å²) in [6.07, 6.45) is 0.779. The minimum absolute atomic E-state index is 0.156. The number of rotatable bonds is 5. The average Bonchev–Trinajstić information content (AvgIpc) is 2.94. The molecule has 0 N–H and O–H groups in total. The zero-order valence-corrected chi connectivity index (χ0v) is 17.5. The first kappa shape index (κ1) is 20.0. The van der Waals surface area contributed by atoms with Gasteiger partial charge >= 0.3 is 0 Å². The Kier molecular flexibility index (Phi) is 6.34. The van der Waals surface area contributed by atoms with Gasteiger partial charge in [-0.1, -0.05) is 24.3 Å². The SMILES string of the molecule is COc1ccc(OC)c(S(=O)(=O)N2CCSC(c3ccccc3C)CC2)c1. The van der Waals surface area contributed by atoms with Gasteiger partial charge in [0.2, 0.25) is 10.0 Å². The van der Waals surface area contributed by atoms with E-state index in [1.54, 1.807) is 16.4 Å². The molecular formula is C20H25NO4S2. The van der Waals surface area contributed by atoms with Crippen LogP contribution in [-0.2, 0) is 10.0 Å². The number of nitrogens with zero attached hydrogens (tertiary/aromatic N) is 1. The first-order valence-electron chi connectivity index (χ1n) is 8.86. The van der Waals surface area contributed by atoms with E-state index in [1.807, 2.05) is 23.9 Å². The van der Waals surface area contributed by atoms with Crippen molar-refractivity contribution in [1.29, 1.82) is 0 Å². The maximum absolute atomic E-state index is 13.3. The Labute approximate surface area is 165 Å². The summed E-state index contributed by atoms with van der Waals surface area (Å²) in [5, 5.41) is 0.304. The lowest BCUT2D eigenvalue weighted by Gasteiger charge is -2.22. The molecular weight excluding hydrogens is 382 g/mol. The molecule has 1 aliphatic rings. The third-order valence-corrected chi connectivity index (χ3v) is 8.05. The molecule has 0 bridgehead atoms. The Bertz CT molecular complexity index is 899. The van der Waals surface area contributed by atoms with Crippen molar-refractivity contribution in [3.8, 4) is 11.5 Å². The molecule has 1 heterocycles. The molecule has 0 radical (unpaired) electrons. The summed E-state index contributed by atoms with van der Waals surface area (Å²) in [5.74, 6) is 1.59. The predicted octanol–water partition coefficient (Wildman–Crippen LogP) is 3.88. The van der Waals surface area contributed by atoms with Crippen LogP contribution < -0.4 is 9.47 Å². The molecule has 7 heteroatoms. The lowest BCUT2D eigenvalue weighted by Crippen LogP contribution is -2.33. The van der Waals surface area contributed by atoms with Crippen LogP contribution in [0.5, 0.6) is 11.5 Å². The van der Waals surface area contributed by atoms with Crippen LogP contribution in [-0.4, -0.2) is 45.8 Å². The Morgan fingerprint density at radius 3 is 2.56 bits per heavy atom. The van der Waals surface area contributed by atoms with Crippen molar-refractivity contribution < 1.29 is 17.9 Å². The number of benzene rings is 2. The summed E-state index contributed by atoms with van der Waals surface area (Å²) in [5.41, 5.74) is 2.54. The number of ether oxygens (including phenoxy) is 2. The molecule has 1 unspecified atom stereocenters. The molecule has 0 aliphatic carbocycles. The third-order valence-electron chi connectivity index (χ3n) is 4.82. The number of sulfonamides is 1. The lowest BCUT2D eigenvalue weighted by atomic mass is 10.0. The number of hydrogen-bond donors (Lipinski definition) is 0. The highest BCUT2D eigenvalue weighted by atomic mass is 32.2. The largest absolute Gasteiger partial charge is 0.497 e. The van der Waals surface area contributed by atoms with Gasteiger partial charge in [-0.3, -0.25) is 0 Å². The Morgan fingerprint density at radius 1 is 1.07 bits per heavy atom. The van der Waals surface area contributed by atoms with Crippen LogP contribution in [0, 0.1) is 6.92 Å². The van der Waals surface area contributed by atoms with Gasteiger partial charge in [0.15, 0.2) is 0 Å². The fraction of sp³-hybridized carbons (Fsp3) is 0.400. The highest BCUT2D eigenvalue weighted by Gasteiger charge is 2.31. The highest BCUT2D eigenvalue weighted by Crippen LogP contribution is 2.38. The summed E-state index contributed by atoms with van der Waals surface area (Å²) < 4.78 is 38.6. The standard InChI is InChI=1S/C20H25NO4S2/c1-15-6-4-5-7-17(15)19-10-11-21(12-13-26-19)27(22,23)20-14-16(24-2)8-9-18(20)25-3/h4-9,14,19H,10-13H2,1-3H3. The van der Waals surface area contributed by atoms with Crippen LogP contribution in [0.1, 0.15) is 22.8 Å². The van der Waals surface area contributed by atoms with Crippen LogP contribution in [0.25, 0.3) is 0 Å². The molecule has 0 saturated carbocycles. The second kappa shape index (κ2) is 8.54. The third kappa shape index (κ3) is 4.25. The molecule has 1 fully saturated rings. The molecule has 3 rings (SSSR count). The quantitative estimate of drug-likeness (QED) is 0.753. The molecule has 2 aromatic carbocycles. The van der Waals surface area contributed by atoms with Crippen molar-refractivity contribution in [2.75, 3.05) is 33.1 Å². The Hall–Kier alpha value is -1.70. The van der Waals surface area contributed by atoms with E-state index in [0.29, 0.717) is 29.8 Å². The molecule has 0 amide bonds. The van der Waals surface area contributed by atoms with Crippen LogP contribution >= 0.6 is 11.8 Å². The Balaban J connectivity index is 1.86. The second-order valence-corrected chi connectivity index (χ2v) is 9.64. The van der Waals surface area contributed by atoms with E-state index < -0.39 is 10.0 Å². The zero-order chi connectivity index (χ0) is 19.4. The molecule has 5 nitrogen and oxygen atoms in total. The topological polar surface area (TPSA) is 55.8 Å². The van der Waals surface area contributed by atoms with Gasteiger partial charge in [0.25, 0.3) is 0 Å². The van der Waals surface area contributed by atoms with Gasteiger partial charge < -0.3 is 9.47 Å². The normalized spacial score (nSPS) is 18.7. The summed E-state index contributed by atoms with van der Waals surface area (Å²) in [4.78, 5) is 0.156. The molecule has 2 aromatic rings. The summed E-state index contributed by atoms with van der Waals surface area (Å²) >= 11 is 1.82.